The molecule has 1 amide bonds. The van der Waals surface area contributed by atoms with E-state index in [1.807, 2.05) is 0 Å². The van der Waals surface area contributed by atoms with E-state index in [2.05, 4.69) is 0 Å². The van der Waals surface area contributed by atoms with Gasteiger partial charge in [0.2, 0.25) is 0 Å². The Bertz CT molecular complexity index is 735. The van der Waals surface area contributed by atoms with Gasteiger partial charge in [-0.1, -0.05) is 18.5 Å². The molecule has 116 valence electrons. The van der Waals surface area contributed by atoms with Crippen LogP contribution in [0.25, 0.3) is 11.0 Å². The van der Waals surface area contributed by atoms with Gasteiger partial charge in [-0.3, -0.25) is 9.59 Å². The Balaban J connectivity index is 1.86. The number of benzene rings is 1. The monoisotopic (exact) mass is 321 g/mol. The number of carboxylic acid groups (broad SMARTS) is 1. The molecule has 1 unspecified atom stereocenters. The zero-order chi connectivity index (χ0) is 15.9. The lowest BCUT2D eigenvalue weighted by molar-refractivity contribution is -0.141. The number of carbonyl (C=O) groups excluding carboxylic acids is 1. The SMILES string of the molecule is CC(CN(C(=O)c1cc2cc(Cl)ccc2o1)C1CC1)C(=O)O. The van der Waals surface area contributed by atoms with Gasteiger partial charge in [-0.15, -0.1) is 0 Å². The molecule has 1 aliphatic carbocycles. The zero-order valence-corrected chi connectivity index (χ0v) is 12.8. The van der Waals surface area contributed by atoms with Crippen molar-refractivity contribution in [2.45, 2.75) is 25.8 Å². The molecule has 0 radical (unpaired) electrons. The molecule has 2 aromatic rings. The van der Waals surface area contributed by atoms with Crippen molar-refractivity contribution in [1.29, 1.82) is 0 Å². The average Bonchev–Trinajstić information content (AvgIpc) is 3.22. The van der Waals surface area contributed by atoms with E-state index in [0.29, 0.717) is 10.6 Å². The van der Waals surface area contributed by atoms with Crippen LogP contribution < -0.4 is 0 Å². The minimum absolute atomic E-state index is 0.117. The van der Waals surface area contributed by atoms with Crippen molar-refractivity contribution < 1.29 is 19.1 Å². The standard InChI is InChI=1S/C16H16ClNO4/c1-9(16(20)21)8-18(12-3-4-12)15(19)14-7-10-6-11(17)2-5-13(10)22-14/h2,5-7,9,12H,3-4,8H2,1H3,(H,20,21). The Morgan fingerprint density at radius 1 is 1.41 bits per heavy atom. The number of amides is 1. The Hall–Kier alpha value is -2.01. The first-order valence-corrected chi connectivity index (χ1v) is 7.56. The Labute approximate surface area is 132 Å². The third kappa shape index (κ3) is 2.95. The van der Waals surface area contributed by atoms with E-state index in [4.69, 9.17) is 21.1 Å². The number of halogens is 1. The van der Waals surface area contributed by atoms with Crippen LogP contribution in [0, 0.1) is 5.92 Å². The molecule has 1 atom stereocenters. The summed E-state index contributed by atoms with van der Waals surface area (Å²) in [6, 6.07) is 6.93. The van der Waals surface area contributed by atoms with Crippen molar-refractivity contribution in [2.24, 2.45) is 5.92 Å². The molecular formula is C16H16ClNO4. The highest BCUT2D eigenvalue weighted by Crippen LogP contribution is 2.31. The van der Waals surface area contributed by atoms with Gasteiger partial charge in [-0.2, -0.15) is 0 Å². The van der Waals surface area contributed by atoms with E-state index in [1.54, 1.807) is 36.1 Å². The molecule has 0 spiro atoms. The van der Waals surface area contributed by atoms with Crippen LogP contribution in [0.1, 0.15) is 30.3 Å². The van der Waals surface area contributed by atoms with Crippen molar-refractivity contribution in [3.8, 4) is 0 Å². The highest BCUT2D eigenvalue weighted by molar-refractivity contribution is 6.31. The van der Waals surface area contributed by atoms with Crippen LogP contribution in [0.3, 0.4) is 0 Å². The normalized spacial score (nSPS) is 15.7. The largest absolute Gasteiger partial charge is 0.481 e. The number of aliphatic carboxylic acids is 1. The molecule has 0 saturated heterocycles. The van der Waals surface area contributed by atoms with Crippen molar-refractivity contribution in [3.63, 3.8) is 0 Å². The minimum atomic E-state index is -0.908. The van der Waals surface area contributed by atoms with Crippen LogP contribution in [-0.2, 0) is 4.79 Å². The lowest BCUT2D eigenvalue weighted by atomic mass is 10.1. The van der Waals surface area contributed by atoms with Crippen LogP contribution in [0.4, 0.5) is 0 Å². The maximum absolute atomic E-state index is 12.6. The summed E-state index contributed by atoms with van der Waals surface area (Å²) in [5.74, 6) is -1.55. The first-order valence-electron chi connectivity index (χ1n) is 7.18. The maximum Gasteiger partial charge on any atom is 0.308 e. The molecular weight excluding hydrogens is 306 g/mol. The maximum atomic E-state index is 12.6. The molecule has 5 nitrogen and oxygen atoms in total. The number of carboxylic acids is 1. The summed E-state index contributed by atoms with van der Waals surface area (Å²) >= 11 is 5.93. The third-order valence-corrected chi connectivity index (χ3v) is 4.06. The predicted molar refractivity (Wildman–Crippen MR) is 82.1 cm³/mol. The second-order valence-corrected chi connectivity index (χ2v) is 6.16. The lowest BCUT2D eigenvalue weighted by Gasteiger charge is -2.23. The van der Waals surface area contributed by atoms with Gasteiger partial charge in [0.15, 0.2) is 5.76 Å². The molecule has 1 heterocycles. The summed E-state index contributed by atoms with van der Waals surface area (Å²) < 4.78 is 5.59. The van der Waals surface area contributed by atoms with Crippen LogP contribution in [0.5, 0.6) is 0 Å². The molecule has 0 aliphatic heterocycles. The second kappa shape index (κ2) is 5.65. The number of hydrogen-bond donors (Lipinski definition) is 1. The Morgan fingerprint density at radius 3 is 2.77 bits per heavy atom. The van der Waals surface area contributed by atoms with E-state index in [-0.39, 0.29) is 24.3 Å². The molecule has 1 aromatic heterocycles. The molecule has 22 heavy (non-hydrogen) atoms. The van der Waals surface area contributed by atoms with Gasteiger partial charge in [-0.05, 0) is 37.1 Å². The third-order valence-electron chi connectivity index (χ3n) is 3.83. The van der Waals surface area contributed by atoms with E-state index >= 15 is 0 Å². The summed E-state index contributed by atoms with van der Waals surface area (Å²) in [5, 5.41) is 10.4. The summed E-state index contributed by atoms with van der Waals surface area (Å²) in [4.78, 5) is 25.3. The molecule has 1 aliphatic rings. The predicted octanol–water partition coefficient (Wildman–Crippen LogP) is 3.41. The highest BCUT2D eigenvalue weighted by atomic mass is 35.5. The van der Waals surface area contributed by atoms with Gasteiger partial charge in [-0.25, -0.2) is 0 Å². The number of nitrogens with zero attached hydrogens (tertiary/aromatic N) is 1. The van der Waals surface area contributed by atoms with E-state index in [9.17, 15) is 9.59 Å². The van der Waals surface area contributed by atoms with Gasteiger partial charge in [0.05, 0.1) is 5.92 Å². The molecule has 3 rings (SSSR count). The van der Waals surface area contributed by atoms with Crippen molar-refractivity contribution in [1.82, 2.24) is 4.90 Å². The topological polar surface area (TPSA) is 70.8 Å². The zero-order valence-electron chi connectivity index (χ0n) is 12.1. The summed E-state index contributed by atoms with van der Waals surface area (Å²) in [5.41, 5.74) is 0.592. The fourth-order valence-corrected chi connectivity index (χ4v) is 2.60. The summed E-state index contributed by atoms with van der Waals surface area (Å²) in [6.45, 7) is 1.79. The lowest BCUT2D eigenvalue weighted by Crippen LogP contribution is -2.38. The fourth-order valence-electron chi connectivity index (χ4n) is 2.42. The summed E-state index contributed by atoms with van der Waals surface area (Å²) in [6.07, 6.45) is 1.81. The summed E-state index contributed by atoms with van der Waals surface area (Å²) in [7, 11) is 0. The van der Waals surface area contributed by atoms with Gasteiger partial charge in [0.1, 0.15) is 5.58 Å². The quantitative estimate of drug-likeness (QED) is 0.916. The highest BCUT2D eigenvalue weighted by Gasteiger charge is 2.36. The number of fused-ring (bicyclic) bond motifs is 1. The van der Waals surface area contributed by atoms with Gasteiger partial charge in [0.25, 0.3) is 5.91 Å². The molecule has 0 bridgehead atoms. The van der Waals surface area contributed by atoms with Crippen LogP contribution in [0.2, 0.25) is 5.02 Å². The molecule has 1 fully saturated rings. The number of furan rings is 1. The van der Waals surface area contributed by atoms with Gasteiger partial charge >= 0.3 is 5.97 Å². The minimum Gasteiger partial charge on any atom is -0.481 e. The van der Waals surface area contributed by atoms with Crippen LogP contribution >= 0.6 is 11.6 Å². The first-order chi connectivity index (χ1) is 10.5. The van der Waals surface area contributed by atoms with Crippen LogP contribution in [0.15, 0.2) is 28.7 Å². The van der Waals surface area contributed by atoms with Crippen molar-refractivity contribution in [3.05, 3.63) is 35.0 Å². The molecule has 6 heteroatoms. The van der Waals surface area contributed by atoms with E-state index in [0.717, 1.165) is 18.2 Å². The smallest absolute Gasteiger partial charge is 0.308 e. The number of hydrogen-bond acceptors (Lipinski definition) is 3. The Kier molecular flexibility index (Phi) is 3.83. The van der Waals surface area contributed by atoms with Crippen LogP contribution in [-0.4, -0.2) is 34.5 Å². The molecule has 1 aromatic carbocycles. The fraction of sp³-hybridized carbons (Fsp3) is 0.375. The second-order valence-electron chi connectivity index (χ2n) is 5.72. The van der Waals surface area contributed by atoms with E-state index in [1.165, 1.54) is 0 Å². The van der Waals surface area contributed by atoms with Crippen molar-refractivity contribution in [2.75, 3.05) is 6.54 Å². The van der Waals surface area contributed by atoms with Gasteiger partial charge < -0.3 is 14.4 Å². The Morgan fingerprint density at radius 2 is 2.14 bits per heavy atom. The number of carbonyl (C=O) groups is 2. The molecule has 1 saturated carbocycles. The van der Waals surface area contributed by atoms with E-state index < -0.39 is 11.9 Å². The molecule has 1 N–H and O–H groups in total. The van der Waals surface area contributed by atoms with Crippen molar-refractivity contribution >= 4 is 34.4 Å². The average molecular weight is 322 g/mol. The number of rotatable bonds is 5. The van der Waals surface area contributed by atoms with Gasteiger partial charge in [0, 0.05) is 23.0 Å². The first kappa shape index (κ1) is 14.9.